The Labute approximate surface area is 81.9 Å². The van der Waals surface area contributed by atoms with Crippen LogP contribution < -0.4 is 0 Å². The van der Waals surface area contributed by atoms with E-state index in [9.17, 15) is 9.90 Å². The number of esters is 1. The molecule has 0 aliphatic rings. The van der Waals surface area contributed by atoms with Crippen molar-refractivity contribution in [2.24, 2.45) is 0 Å². The monoisotopic (exact) mass is 193 g/mol. The smallest absolute Gasteiger partial charge is 0.373 e. The Morgan fingerprint density at radius 2 is 2.21 bits per heavy atom. The Bertz CT molecular complexity index is 332. The molecule has 0 amide bonds. The second-order valence-electron chi connectivity index (χ2n) is 2.53. The van der Waals surface area contributed by atoms with E-state index >= 15 is 0 Å². The molecule has 0 atom stereocenters. The third-order valence-corrected chi connectivity index (χ3v) is 1.49. The third kappa shape index (κ3) is 2.90. The molecule has 0 spiro atoms. The van der Waals surface area contributed by atoms with E-state index in [1.165, 1.54) is 6.08 Å². The second-order valence-corrected chi connectivity index (χ2v) is 2.53. The molecule has 0 bridgehead atoms. The zero-order chi connectivity index (χ0) is 10.4. The topological polar surface area (TPSA) is 59.4 Å². The van der Waals surface area contributed by atoms with Gasteiger partial charge < -0.3 is 9.84 Å². The molecule has 1 rings (SSSR count). The van der Waals surface area contributed by atoms with Gasteiger partial charge in [0.15, 0.2) is 0 Å². The number of aliphatic hydroxyl groups excluding tert-OH is 1. The number of carbonyl (C=O) groups is 1. The van der Waals surface area contributed by atoms with E-state index in [1.54, 1.807) is 31.5 Å². The Morgan fingerprint density at radius 1 is 1.57 bits per heavy atom. The van der Waals surface area contributed by atoms with Crippen molar-refractivity contribution in [3.05, 3.63) is 35.8 Å². The van der Waals surface area contributed by atoms with Crippen LogP contribution in [0, 0.1) is 0 Å². The number of aromatic nitrogens is 1. The molecule has 0 fully saturated rings. The molecule has 74 valence electrons. The van der Waals surface area contributed by atoms with Gasteiger partial charge in [-0.05, 0) is 30.7 Å². The summed E-state index contributed by atoms with van der Waals surface area (Å²) in [4.78, 5) is 14.8. The van der Waals surface area contributed by atoms with Crippen LogP contribution in [0.5, 0.6) is 0 Å². The van der Waals surface area contributed by atoms with E-state index < -0.39 is 11.7 Å². The fourth-order valence-corrected chi connectivity index (χ4v) is 0.882. The predicted molar refractivity (Wildman–Crippen MR) is 51.5 cm³/mol. The Balaban J connectivity index is 2.74. The lowest BCUT2D eigenvalue weighted by Crippen LogP contribution is -2.06. The first-order chi connectivity index (χ1) is 6.74. The van der Waals surface area contributed by atoms with E-state index in [0.717, 1.165) is 0 Å². The molecule has 14 heavy (non-hydrogen) atoms. The molecule has 0 aliphatic heterocycles. The largest absolute Gasteiger partial charge is 0.502 e. The quantitative estimate of drug-likeness (QED) is 0.449. The standard InChI is InChI=1S/C10H11NO3/c1-2-14-10(13)9(12)7-8-3-5-11-6-4-8/h3-7,12H,2H2,1H3. The first-order valence-electron chi connectivity index (χ1n) is 4.22. The van der Waals surface area contributed by atoms with Crippen LogP contribution >= 0.6 is 0 Å². The van der Waals surface area contributed by atoms with Gasteiger partial charge in [-0.25, -0.2) is 4.79 Å². The number of pyridine rings is 1. The molecule has 1 aromatic rings. The molecule has 0 unspecified atom stereocenters. The summed E-state index contributed by atoms with van der Waals surface area (Å²) in [5, 5.41) is 9.27. The lowest BCUT2D eigenvalue weighted by Gasteiger charge is -1.99. The van der Waals surface area contributed by atoms with Crippen LogP contribution in [-0.4, -0.2) is 22.7 Å². The van der Waals surface area contributed by atoms with Crippen LogP contribution in [0.15, 0.2) is 30.3 Å². The van der Waals surface area contributed by atoms with Gasteiger partial charge in [-0.3, -0.25) is 4.98 Å². The molecule has 1 heterocycles. The predicted octanol–water partition coefficient (Wildman–Crippen LogP) is 1.54. The lowest BCUT2D eigenvalue weighted by molar-refractivity contribution is -0.141. The van der Waals surface area contributed by atoms with Gasteiger partial charge in [-0.15, -0.1) is 0 Å². The van der Waals surface area contributed by atoms with Crippen molar-refractivity contribution >= 4 is 12.0 Å². The van der Waals surface area contributed by atoms with Crippen molar-refractivity contribution in [2.45, 2.75) is 6.92 Å². The number of rotatable bonds is 3. The van der Waals surface area contributed by atoms with E-state index in [1.807, 2.05) is 0 Å². The van der Waals surface area contributed by atoms with Crippen LogP contribution in [0.3, 0.4) is 0 Å². The lowest BCUT2D eigenvalue weighted by atomic mass is 10.2. The number of aliphatic hydroxyl groups is 1. The molecule has 0 saturated heterocycles. The van der Waals surface area contributed by atoms with Crippen LogP contribution in [0.1, 0.15) is 12.5 Å². The second kappa shape index (κ2) is 5.01. The highest BCUT2D eigenvalue weighted by molar-refractivity contribution is 5.90. The van der Waals surface area contributed by atoms with Crippen LogP contribution in [0.25, 0.3) is 6.08 Å². The summed E-state index contributed by atoms with van der Waals surface area (Å²) in [5.41, 5.74) is 0.700. The molecule has 0 aliphatic carbocycles. The Kier molecular flexibility index (Phi) is 3.67. The maximum Gasteiger partial charge on any atom is 0.373 e. The fraction of sp³-hybridized carbons (Fsp3) is 0.200. The zero-order valence-electron chi connectivity index (χ0n) is 7.80. The molecule has 0 aromatic carbocycles. The van der Waals surface area contributed by atoms with Crippen LogP contribution in [0.2, 0.25) is 0 Å². The minimum atomic E-state index is -0.718. The van der Waals surface area contributed by atoms with Gasteiger partial charge >= 0.3 is 5.97 Å². The molecular weight excluding hydrogens is 182 g/mol. The highest BCUT2D eigenvalue weighted by Crippen LogP contribution is 2.04. The molecule has 0 radical (unpaired) electrons. The van der Waals surface area contributed by atoms with E-state index in [-0.39, 0.29) is 6.61 Å². The van der Waals surface area contributed by atoms with Gasteiger partial charge in [-0.2, -0.15) is 0 Å². The summed E-state index contributed by atoms with van der Waals surface area (Å²) < 4.78 is 4.60. The number of hydrogen-bond donors (Lipinski definition) is 1. The van der Waals surface area contributed by atoms with Crippen molar-refractivity contribution in [2.75, 3.05) is 6.61 Å². The SMILES string of the molecule is CCOC(=O)C(O)=Cc1ccncc1. The van der Waals surface area contributed by atoms with Crippen LogP contribution in [-0.2, 0) is 9.53 Å². The summed E-state index contributed by atoms with van der Waals surface area (Å²) in [6.07, 6.45) is 4.48. The Hall–Kier alpha value is -1.84. The molecule has 4 nitrogen and oxygen atoms in total. The van der Waals surface area contributed by atoms with Crippen molar-refractivity contribution in [1.29, 1.82) is 0 Å². The third-order valence-electron chi connectivity index (χ3n) is 1.49. The van der Waals surface area contributed by atoms with Crippen molar-refractivity contribution in [3.8, 4) is 0 Å². The average molecular weight is 193 g/mol. The first kappa shape index (κ1) is 10.2. The molecule has 4 heteroatoms. The van der Waals surface area contributed by atoms with E-state index in [2.05, 4.69) is 9.72 Å². The van der Waals surface area contributed by atoms with Gasteiger partial charge in [0.25, 0.3) is 0 Å². The average Bonchev–Trinajstić information content (AvgIpc) is 2.19. The first-order valence-corrected chi connectivity index (χ1v) is 4.22. The van der Waals surface area contributed by atoms with E-state index in [4.69, 9.17) is 0 Å². The molecule has 1 aromatic heterocycles. The highest BCUT2D eigenvalue weighted by atomic mass is 16.5. The summed E-state index contributed by atoms with van der Waals surface area (Å²) in [6.45, 7) is 1.92. The van der Waals surface area contributed by atoms with Gasteiger partial charge in [-0.1, -0.05) is 0 Å². The van der Waals surface area contributed by atoms with Gasteiger partial charge in [0.1, 0.15) is 0 Å². The van der Waals surface area contributed by atoms with Crippen molar-refractivity contribution in [1.82, 2.24) is 4.98 Å². The maximum atomic E-state index is 11.0. The summed E-state index contributed by atoms with van der Waals surface area (Å²) in [7, 11) is 0. The number of hydrogen-bond acceptors (Lipinski definition) is 4. The Morgan fingerprint density at radius 3 is 2.79 bits per heavy atom. The zero-order valence-corrected chi connectivity index (χ0v) is 7.80. The minimum absolute atomic E-state index is 0.243. The minimum Gasteiger partial charge on any atom is -0.502 e. The fourth-order valence-electron chi connectivity index (χ4n) is 0.882. The summed E-state index contributed by atoms with van der Waals surface area (Å²) >= 11 is 0. The number of carbonyl (C=O) groups excluding carboxylic acids is 1. The van der Waals surface area contributed by atoms with Gasteiger partial charge in [0.05, 0.1) is 6.61 Å². The van der Waals surface area contributed by atoms with Crippen LogP contribution in [0.4, 0.5) is 0 Å². The molecule has 0 saturated carbocycles. The van der Waals surface area contributed by atoms with Gasteiger partial charge in [0, 0.05) is 12.4 Å². The van der Waals surface area contributed by atoms with Crippen molar-refractivity contribution < 1.29 is 14.6 Å². The molecular formula is C10H11NO3. The summed E-state index contributed by atoms with van der Waals surface area (Å²) in [6, 6.07) is 3.35. The van der Waals surface area contributed by atoms with E-state index in [0.29, 0.717) is 5.56 Å². The normalized spacial score (nSPS) is 11.1. The molecule has 1 N–H and O–H groups in total. The van der Waals surface area contributed by atoms with Crippen molar-refractivity contribution in [3.63, 3.8) is 0 Å². The summed E-state index contributed by atoms with van der Waals surface area (Å²) in [5.74, 6) is -1.12. The highest BCUT2D eigenvalue weighted by Gasteiger charge is 2.07. The number of ether oxygens (including phenoxy) is 1. The number of nitrogens with zero attached hydrogens (tertiary/aromatic N) is 1. The maximum absolute atomic E-state index is 11.0. The van der Waals surface area contributed by atoms with Gasteiger partial charge in [0.2, 0.25) is 5.76 Å².